The van der Waals surface area contributed by atoms with E-state index in [4.69, 9.17) is 11.6 Å². The van der Waals surface area contributed by atoms with Crippen LogP contribution in [0.25, 0.3) is 0 Å². The Morgan fingerprint density at radius 1 is 1.00 bits per heavy atom. The maximum Gasteiger partial charge on any atom is 0.0406 e. The molecule has 0 amide bonds. The molecule has 0 unspecified atom stereocenters. The van der Waals surface area contributed by atoms with Crippen molar-refractivity contribution in [2.75, 3.05) is 52.9 Å². The molecule has 3 rings (SSSR count). The topological polar surface area (TPSA) is 9.72 Å². The van der Waals surface area contributed by atoms with Crippen LogP contribution in [-0.4, -0.2) is 67.6 Å². The lowest BCUT2D eigenvalue weighted by Crippen LogP contribution is -2.47. The lowest BCUT2D eigenvalue weighted by atomic mass is 9.94. The Morgan fingerprint density at radius 2 is 1.61 bits per heavy atom. The molecule has 3 nitrogen and oxygen atoms in total. The van der Waals surface area contributed by atoms with Crippen LogP contribution in [0, 0.1) is 5.92 Å². The minimum atomic E-state index is 0.497. The van der Waals surface area contributed by atoms with Gasteiger partial charge < -0.3 is 9.80 Å². The molecule has 1 atom stereocenters. The van der Waals surface area contributed by atoms with Gasteiger partial charge in [-0.15, -0.1) is 0 Å². The molecule has 2 fully saturated rings. The average Bonchev–Trinajstić information content (AvgIpc) is 2.58. The molecule has 128 valence electrons. The van der Waals surface area contributed by atoms with E-state index in [1.54, 1.807) is 0 Å². The van der Waals surface area contributed by atoms with E-state index in [9.17, 15) is 0 Å². The van der Waals surface area contributed by atoms with Crippen LogP contribution in [0.15, 0.2) is 24.3 Å². The first-order chi connectivity index (χ1) is 11.1. The fraction of sp³-hybridized carbons (Fsp3) is 0.684. The number of benzene rings is 1. The molecule has 0 aromatic heterocycles. The Kier molecular flexibility index (Phi) is 5.97. The Hall–Kier alpha value is -0.610. The van der Waals surface area contributed by atoms with Gasteiger partial charge in [0.15, 0.2) is 0 Å². The van der Waals surface area contributed by atoms with Crippen molar-refractivity contribution >= 4 is 11.6 Å². The van der Waals surface area contributed by atoms with E-state index in [1.807, 2.05) is 12.1 Å². The fourth-order valence-corrected chi connectivity index (χ4v) is 4.00. The number of likely N-dealkylation sites (N-methyl/N-ethyl adjacent to an activating group) is 1. The van der Waals surface area contributed by atoms with Crippen LogP contribution in [0.5, 0.6) is 0 Å². The molecule has 0 radical (unpaired) electrons. The normalized spacial score (nSPS) is 24.0. The zero-order valence-corrected chi connectivity index (χ0v) is 15.3. The number of hydrogen-bond donors (Lipinski definition) is 0. The molecule has 0 bridgehead atoms. The lowest BCUT2D eigenvalue weighted by molar-refractivity contribution is 0.0924. The number of piperidine rings is 1. The highest BCUT2D eigenvalue weighted by Crippen LogP contribution is 2.27. The van der Waals surface area contributed by atoms with Crippen LogP contribution in [-0.2, 0) is 0 Å². The molecular formula is C19H30ClN3. The summed E-state index contributed by atoms with van der Waals surface area (Å²) in [6.45, 7) is 11.0. The van der Waals surface area contributed by atoms with Gasteiger partial charge in [-0.1, -0.05) is 23.7 Å². The quantitative estimate of drug-likeness (QED) is 0.835. The van der Waals surface area contributed by atoms with Crippen molar-refractivity contribution in [2.45, 2.75) is 25.8 Å². The van der Waals surface area contributed by atoms with Crippen molar-refractivity contribution in [3.63, 3.8) is 0 Å². The molecule has 0 aliphatic carbocycles. The zero-order valence-electron chi connectivity index (χ0n) is 14.5. The second-order valence-corrected chi connectivity index (χ2v) is 7.75. The van der Waals surface area contributed by atoms with Crippen LogP contribution >= 0.6 is 11.6 Å². The Balaban J connectivity index is 1.45. The highest BCUT2D eigenvalue weighted by Gasteiger charge is 2.25. The number of likely N-dealkylation sites (tertiary alicyclic amines) is 1. The van der Waals surface area contributed by atoms with Crippen molar-refractivity contribution in [1.82, 2.24) is 14.7 Å². The number of piperazine rings is 1. The van der Waals surface area contributed by atoms with Gasteiger partial charge in [0.1, 0.15) is 0 Å². The van der Waals surface area contributed by atoms with E-state index >= 15 is 0 Å². The lowest BCUT2D eigenvalue weighted by Gasteiger charge is -2.39. The minimum Gasteiger partial charge on any atom is -0.304 e. The molecule has 1 aromatic carbocycles. The van der Waals surface area contributed by atoms with E-state index in [1.165, 1.54) is 64.2 Å². The van der Waals surface area contributed by atoms with E-state index in [2.05, 4.69) is 40.8 Å². The maximum absolute atomic E-state index is 6.00. The minimum absolute atomic E-state index is 0.497. The summed E-state index contributed by atoms with van der Waals surface area (Å²) in [5.41, 5.74) is 1.38. The first-order valence-electron chi connectivity index (χ1n) is 9.02. The SMILES string of the molecule is C[C@@H](c1ccc(Cl)cc1)N1CCC(CN2CCN(C)CC2)CC1. The maximum atomic E-state index is 6.00. The average molecular weight is 336 g/mol. The van der Waals surface area contributed by atoms with Gasteiger partial charge in [-0.05, 0) is 63.5 Å². The summed E-state index contributed by atoms with van der Waals surface area (Å²) in [4.78, 5) is 7.74. The number of halogens is 1. The summed E-state index contributed by atoms with van der Waals surface area (Å²) < 4.78 is 0. The summed E-state index contributed by atoms with van der Waals surface area (Å²) in [5.74, 6) is 0.882. The Bertz CT molecular complexity index is 474. The van der Waals surface area contributed by atoms with Crippen molar-refractivity contribution in [3.05, 3.63) is 34.9 Å². The van der Waals surface area contributed by atoms with Crippen molar-refractivity contribution < 1.29 is 0 Å². The molecule has 2 aliphatic rings. The largest absolute Gasteiger partial charge is 0.304 e. The van der Waals surface area contributed by atoms with Crippen LogP contribution < -0.4 is 0 Å². The van der Waals surface area contributed by atoms with Crippen molar-refractivity contribution in [3.8, 4) is 0 Å². The first-order valence-corrected chi connectivity index (χ1v) is 9.40. The predicted octanol–water partition coefficient (Wildman–Crippen LogP) is 3.36. The van der Waals surface area contributed by atoms with Gasteiger partial charge in [0.25, 0.3) is 0 Å². The molecule has 0 N–H and O–H groups in total. The number of rotatable bonds is 4. The summed E-state index contributed by atoms with van der Waals surface area (Å²) in [5, 5.41) is 0.826. The van der Waals surface area contributed by atoms with Crippen molar-refractivity contribution in [2.24, 2.45) is 5.92 Å². The predicted molar refractivity (Wildman–Crippen MR) is 98.1 cm³/mol. The van der Waals surface area contributed by atoms with E-state index < -0.39 is 0 Å². The van der Waals surface area contributed by atoms with E-state index in [0.717, 1.165) is 10.9 Å². The van der Waals surface area contributed by atoms with Gasteiger partial charge in [-0.25, -0.2) is 0 Å². The van der Waals surface area contributed by atoms with Gasteiger partial charge in [-0.3, -0.25) is 4.90 Å². The zero-order chi connectivity index (χ0) is 16.2. The third-order valence-corrected chi connectivity index (χ3v) is 5.91. The van der Waals surface area contributed by atoms with Gasteiger partial charge in [-0.2, -0.15) is 0 Å². The summed E-state index contributed by atoms with van der Waals surface area (Å²) in [6, 6.07) is 8.85. The van der Waals surface area contributed by atoms with Gasteiger partial charge in [0.2, 0.25) is 0 Å². The standard InChI is InChI=1S/C19H30ClN3/c1-16(18-3-5-19(20)6-4-18)23-9-7-17(8-10-23)15-22-13-11-21(2)12-14-22/h3-6,16-17H,7-15H2,1-2H3/t16-/m0/s1. The second kappa shape index (κ2) is 7.98. The van der Waals surface area contributed by atoms with Gasteiger partial charge in [0.05, 0.1) is 0 Å². The summed E-state index contributed by atoms with van der Waals surface area (Å²) in [6.07, 6.45) is 2.68. The highest BCUT2D eigenvalue weighted by atomic mass is 35.5. The fourth-order valence-electron chi connectivity index (χ4n) is 3.87. The second-order valence-electron chi connectivity index (χ2n) is 7.31. The highest BCUT2D eigenvalue weighted by molar-refractivity contribution is 6.30. The molecule has 0 saturated carbocycles. The molecule has 2 heterocycles. The number of hydrogen-bond acceptors (Lipinski definition) is 3. The van der Waals surface area contributed by atoms with Gasteiger partial charge in [0, 0.05) is 43.8 Å². The summed E-state index contributed by atoms with van der Waals surface area (Å²) >= 11 is 6.00. The number of nitrogens with zero attached hydrogens (tertiary/aromatic N) is 3. The monoisotopic (exact) mass is 335 g/mol. The van der Waals surface area contributed by atoms with Crippen LogP contribution in [0.3, 0.4) is 0 Å². The molecular weight excluding hydrogens is 306 g/mol. The van der Waals surface area contributed by atoms with Crippen LogP contribution in [0.1, 0.15) is 31.4 Å². The van der Waals surface area contributed by atoms with Crippen LogP contribution in [0.4, 0.5) is 0 Å². The third-order valence-electron chi connectivity index (χ3n) is 5.66. The molecule has 0 spiro atoms. The first kappa shape index (κ1) is 17.2. The van der Waals surface area contributed by atoms with Gasteiger partial charge >= 0.3 is 0 Å². The van der Waals surface area contributed by atoms with E-state index in [0.29, 0.717) is 6.04 Å². The third kappa shape index (κ3) is 4.69. The Labute approximate surface area is 146 Å². The molecule has 2 saturated heterocycles. The Morgan fingerprint density at radius 3 is 2.22 bits per heavy atom. The summed E-state index contributed by atoms with van der Waals surface area (Å²) in [7, 11) is 2.23. The van der Waals surface area contributed by atoms with E-state index in [-0.39, 0.29) is 0 Å². The molecule has 1 aromatic rings. The molecule has 2 aliphatic heterocycles. The van der Waals surface area contributed by atoms with Crippen LogP contribution in [0.2, 0.25) is 5.02 Å². The molecule has 4 heteroatoms. The molecule has 23 heavy (non-hydrogen) atoms. The smallest absolute Gasteiger partial charge is 0.0406 e. The van der Waals surface area contributed by atoms with Crippen molar-refractivity contribution in [1.29, 1.82) is 0 Å².